The molecule has 0 radical (unpaired) electrons. The summed E-state index contributed by atoms with van der Waals surface area (Å²) < 4.78 is 47.6. The van der Waals surface area contributed by atoms with Gasteiger partial charge in [0, 0.05) is 44.7 Å². The van der Waals surface area contributed by atoms with Crippen molar-refractivity contribution in [3.05, 3.63) is 46.4 Å². The molecule has 2 saturated heterocycles. The smallest absolute Gasteiger partial charge is 0.406 e. The van der Waals surface area contributed by atoms with Gasteiger partial charge in [-0.05, 0) is 48.3 Å². The molecule has 0 spiro atoms. The minimum Gasteiger partial charge on any atom is -0.406 e. The minimum atomic E-state index is -4.75. The van der Waals surface area contributed by atoms with Crippen LogP contribution in [0.3, 0.4) is 0 Å². The van der Waals surface area contributed by atoms with E-state index in [0.717, 1.165) is 39.1 Å². The highest BCUT2D eigenvalue weighted by Crippen LogP contribution is 2.52. The molecule has 1 aromatic heterocycles. The summed E-state index contributed by atoms with van der Waals surface area (Å²) in [4.78, 5) is 21.5. The Kier molecular flexibility index (Phi) is 6.32. The Morgan fingerprint density at radius 1 is 1.30 bits per heavy atom. The van der Waals surface area contributed by atoms with Crippen LogP contribution >= 0.6 is 11.3 Å². The molecule has 2 aliphatic heterocycles. The van der Waals surface area contributed by atoms with Gasteiger partial charge >= 0.3 is 6.36 Å². The van der Waals surface area contributed by atoms with Gasteiger partial charge in [-0.3, -0.25) is 4.79 Å². The van der Waals surface area contributed by atoms with Crippen molar-refractivity contribution in [2.75, 3.05) is 32.8 Å². The van der Waals surface area contributed by atoms with Crippen LogP contribution in [0.25, 0.3) is 0 Å². The minimum absolute atomic E-state index is 0.195. The Hall–Kier alpha value is -2.17. The number of benzene rings is 1. The molecule has 0 bridgehead atoms. The second-order valence-corrected chi connectivity index (χ2v) is 9.82. The van der Waals surface area contributed by atoms with E-state index in [9.17, 15) is 18.0 Å². The van der Waals surface area contributed by atoms with Crippen LogP contribution in [0.5, 0.6) is 5.75 Å². The fourth-order valence-corrected chi connectivity index (χ4v) is 5.77. The number of rotatable bonds is 8. The normalized spacial score (nSPS) is 26.9. The number of nitrogens with zero attached hydrogens (tertiary/aromatic N) is 3. The van der Waals surface area contributed by atoms with Crippen molar-refractivity contribution in [2.24, 2.45) is 17.8 Å². The van der Waals surface area contributed by atoms with Gasteiger partial charge in [0.05, 0.1) is 11.6 Å². The van der Waals surface area contributed by atoms with Gasteiger partial charge in [-0.15, -0.1) is 24.5 Å². The van der Waals surface area contributed by atoms with E-state index in [2.05, 4.69) is 14.6 Å². The SMILES string of the molecule is O=C(c1cscn1)N(Cc1cccc(OC(F)(F)F)c1)CC1C2CN(CC3CCCO3)CC21. The van der Waals surface area contributed by atoms with Gasteiger partial charge in [-0.25, -0.2) is 4.98 Å². The van der Waals surface area contributed by atoms with E-state index in [-0.39, 0.29) is 18.2 Å². The van der Waals surface area contributed by atoms with Crippen LogP contribution < -0.4 is 4.74 Å². The predicted molar refractivity (Wildman–Crippen MR) is 116 cm³/mol. The largest absolute Gasteiger partial charge is 0.573 e. The summed E-state index contributed by atoms with van der Waals surface area (Å²) in [6.07, 6.45) is -2.15. The van der Waals surface area contributed by atoms with Crippen LogP contribution in [0, 0.1) is 17.8 Å². The van der Waals surface area contributed by atoms with Crippen LogP contribution in [0.15, 0.2) is 35.2 Å². The molecule has 10 heteroatoms. The molecule has 5 rings (SSSR count). The van der Waals surface area contributed by atoms with Crippen LogP contribution in [0.1, 0.15) is 28.9 Å². The molecule has 3 atom stereocenters. The van der Waals surface area contributed by atoms with E-state index in [1.807, 2.05) is 0 Å². The number of amides is 1. The van der Waals surface area contributed by atoms with Crippen molar-refractivity contribution in [3.8, 4) is 5.75 Å². The Morgan fingerprint density at radius 2 is 2.12 bits per heavy atom. The maximum atomic E-state index is 13.1. The van der Waals surface area contributed by atoms with E-state index in [4.69, 9.17) is 4.74 Å². The predicted octanol–water partition coefficient (Wildman–Crippen LogP) is 4.04. The molecule has 1 aliphatic carbocycles. The third kappa shape index (κ3) is 5.50. The second kappa shape index (κ2) is 9.23. The van der Waals surface area contributed by atoms with Gasteiger partial charge in [0.1, 0.15) is 11.4 Å². The Balaban J connectivity index is 1.23. The summed E-state index contributed by atoms with van der Waals surface area (Å²) in [7, 11) is 0. The number of thiazole rings is 1. The molecule has 3 unspecified atom stereocenters. The van der Waals surface area contributed by atoms with Crippen LogP contribution in [0.4, 0.5) is 13.2 Å². The average molecular weight is 482 g/mol. The van der Waals surface area contributed by atoms with E-state index < -0.39 is 6.36 Å². The van der Waals surface area contributed by atoms with Crippen LogP contribution in [-0.2, 0) is 11.3 Å². The van der Waals surface area contributed by atoms with Crippen molar-refractivity contribution in [1.29, 1.82) is 0 Å². The van der Waals surface area contributed by atoms with Crippen molar-refractivity contribution >= 4 is 17.2 Å². The topological polar surface area (TPSA) is 54.9 Å². The Morgan fingerprint density at radius 3 is 2.79 bits per heavy atom. The first-order valence-electron chi connectivity index (χ1n) is 11.2. The Bertz CT molecular complexity index is 953. The lowest BCUT2D eigenvalue weighted by molar-refractivity contribution is -0.274. The first-order valence-corrected chi connectivity index (χ1v) is 12.2. The fraction of sp³-hybridized carbons (Fsp3) is 0.565. The summed E-state index contributed by atoms with van der Waals surface area (Å²) in [5.41, 5.74) is 2.57. The number of carbonyl (C=O) groups excluding carboxylic acids is 1. The van der Waals surface area contributed by atoms with Gasteiger partial charge in [0.15, 0.2) is 0 Å². The van der Waals surface area contributed by atoms with E-state index in [1.165, 1.54) is 29.5 Å². The molecule has 3 heterocycles. The highest BCUT2D eigenvalue weighted by molar-refractivity contribution is 7.07. The Labute approximate surface area is 194 Å². The number of likely N-dealkylation sites (tertiary alicyclic amines) is 1. The zero-order valence-electron chi connectivity index (χ0n) is 18.0. The summed E-state index contributed by atoms with van der Waals surface area (Å²) in [6, 6.07) is 5.82. The van der Waals surface area contributed by atoms with E-state index >= 15 is 0 Å². The molecular formula is C23H26F3N3O3S. The number of hydrogen-bond acceptors (Lipinski definition) is 6. The van der Waals surface area contributed by atoms with Crippen molar-refractivity contribution in [2.45, 2.75) is 31.9 Å². The number of fused-ring (bicyclic) bond motifs is 1. The summed E-state index contributed by atoms with van der Waals surface area (Å²) in [5, 5.41) is 1.70. The maximum absolute atomic E-state index is 13.1. The lowest BCUT2D eigenvalue weighted by Crippen LogP contribution is -2.36. The fourth-order valence-electron chi connectivity index (χ4n) is 5.25. The zero-order valence-corrected chi connectivity index (χ0v) is 18.9. The number of piperidine rings is 1. The number of carbonyl (C=O) groups is 1. The molecule has 0 N–H and O–H groups in total. The number of aromatic nitrogens is 1. The van der Waals surface area contributed by atoms with Gasteiger partial charge in [-0.2, -0.15) is 0 Å². The van der Waals surface area contributed by atoms with Gasteiger partial charge in [-0.1, -0.05) is 12.1 Å². The van der Waals surface area contributed by atoms with Gasteiger partial charge < -0.3 is 19.3 Å². The molecular weight excluding hydrogens is 455 g/mol. The highest BCUT2D eigenvalue weighted by Gasteiger charge is 2.56. The van der Waals surface area contributed by atoms with Crippen molar-refractivity contribution < 1.29 is 27.4 Å². The molecule has 178 valence electrons. The maximum Gasteiger partial charge on any atom is 0.573 e. The molecule has 1 amide bonds. The lowest BCUT2D eigenvalue weighted by atomic mass is 10.1. The molecule has 1 aromatic carbocycles. The number of halogens is 3. The quantitative estimate of drug-likeness (QED) is 0.570. The first kappa shape index (κ1) is 22.6. The molecule has 1 saturated carbocycles. The molecule has 2 aromatic rings. The third-order valence-electron chi connectivity index (χ3n) is 6.81. The highest BCUT2D eigenvalue weighted by atomic mass is 32.1. The lowest BCUT2D eigenvalue weighted by Gasteiger charge is -2.26. The van der Waals surface area contributed by atoms with E-state index in [0.29, 0.717) is 41.7 Å². The van der Waals surface area contributed by atoms with Crippen molar-refractivity contribution in [3.63, 3.8) is 0 Å². The monoisotopic (exact) mass is 481 g/mol. The van der Waals surface area contributed by atoms with Crippen LogP contribution in [0.2, 0.25) is 0 Å². The second-order valence-electron chi connectivity index (χ2n) is 9.10. The summed E-state index contributed by atoms with van der Waals surface area (Å²) >= 11 is 1.34. The third-order valence-corrected chi connectivity index (χ3v) is 7.39. The number of hydrogen-bond donors (Lipinski definition) is 0. The number of ether oxygens (including phenoxy) is 2. The first-order chi connectivity index (χ1) is 15.9. The summed E-state index contributed by atoms with van der Waals surface area (Å²) in [5.74, 6) is 1.03. The number of alkyl halides is 3. The van der Waals surface area contributed by atoms with Crippen LogP contribution in [-0.4, -0.2) is 65.9 Å². The van der Waals surface area contributed by atoms with Gasteiger partial charge in [0.2, 0.25) is 0 Å². The van der Waals surface area contributed by atoms with Crippen molar-refractivity contribution in [1.82, 2.24) is 14.8 Å². The standard InChI is InChI=1S/C23H26F3N3O3S/c24-23(25,26)32-16-4-1-3-15(7-16)8-29(22(30)21-13-33-14-27-21)12-20-18-10-28(11-19(18)20)9-17-5-2-6-31-17/h1,3-4,7,13-14,17-20H,2,5-6,8-12H2. The molecule has 33 heavy (non-hydrogen) atoms. The zero-order chi connectivity index (χ0) is 23.0. The average Bonchev–Trinajstić information content (AvgIpc) is 3.31. The molecule has 6 nitrogen and oxygen atoms in total. The summed E-state index contributed by atoms with van der Waals surface area (Å²) in [6.45, 7) is 4.65. The molecule has 3 aliphatic rings. The van der Waals surface area contributed by atoms with Gasteiger partial charge in [0.25, 0.3) is 5.91 Å². The van der Waals surface area contributed by atoms with E-state index in [1.54, 1.807) is 21.9 Å². The molecule has 3 fully saturated rings.